The van der Waals surface area contributed by atoms with Crippen LogP contribution >= 0.6 is 0 Å². The van der Waals surface area contributed by atoms with Crippen molar-refractivity contribution in [1.29, 1.82) is 0 Å². The molecule has 0 radical (unpaired) electrons. The van der Waals surface area contributed by atoms with E-state index in [1.54, 1.807) is 12.1 Å². The largest absolute Gasteiger partial charge is 0.508 e. The van der Waals surface area contributed by atoms with Crippen molar-refractivity contribution in [3.05, 3.63) is 76.9 Å². The van der Waals surface area contributed by atoms with Gasteiger partial charge in [-0.05, 0) is 86.9 Å². The molecular weight excluding hydrogens is 388 g/mol. The van der Waals surface area contributed by atoms with E-state index in [9.17, 15) is 9.90 Å². The average Bonchev–Trinajstić information content (AvgIpc) is 2.66. The fourth-order valence-electron chi connectivity index (χ4n) is 4.68. The number of ether oxygens (including phenoxy) is 1. The molecule has 0 amide bonds. The fourth-order valence-corrected chi connectivity index (χ4v) is 4.68. The van der Waals surface area contributed by atoms with E-state index in [0.717, 1.165) is 40.7 Å². The maximum absolute atomic E-state index is 11.1. The van der Waals surface area contributed by atoms with E-state index in [0.29, 0.717) is 6.42 Å². The maximum atomic E-state index is 11.1. The van der Waals surface area contributed by atoms with Gasteiger partial charge in [0.25, 0.3) is 0 Å². The number of allylic oxidation sites excluding steroid dienone is 1. The topological polar surface area (TPSA) is 66.8 Å². The van der Waals surface area contributed by atoms with Gasteiger partial charge >= 0.3 is 5.97 Å². The molecule has 0 aromatic heterocycles. The minimum atomic E-state index is -0.931. The fraction of sp³-hybridized carbons (Fsp3) is 0.370. The van der Waals surface area contributed by atoms with Gasteiger partial charge in [-0.15, -0.1) is 0 Å². The summed E-state index contributed by atoms with van der Waals surface area (Å²) in [6, 6.07) is 15.4. The van der Waals surface area contributed by atoms with E-state index in [1.165, 1.54) is 11.6 Å². The Labute approximate surface area is 184 Å². The number of carboxylic acid groups (broad SMARTS) is 1. The van der Waals surface area contributed by atoms with Crippen molar-refractivity contribution in [1.82, 2.24) is 0 Å². The third-order valence-electron chi connectivity index (χ3n) is 5.56. The summed E-state index contributed by atoms with van der Waals surface area (Å²) in [6.45, 7) is 10.4. The molecule has 164 valence electrons. The Bertz CT molecular complexity index is 988. The van der Waals surface area contributed by atoms with Crippen LogP contribution in [-0.4, -0.2) is 27.4 Å². The standard InChI is InChI=1S/C27H32O4/c1-6-18(15-24(29)30)19-7-9-20(10-8-19)25(21-11-13-23(28)14-12-21)22-16-26(2,3)31-27(4,5)17-22/h7-15,28H,6,16-17H2,1-5H3,(H,29,30)/b18-15+. The van der Waals surface area contributed by atoms with Crippen LogP contribution in [0.15, 0.2) is 60.2 Å². The van der Waals surface area contributed by atoms with E-state index in [-0.39, 0.29) is 17.0 Å². The van der Waals surface area contributed by atoms with Crippen LogP contribution in [0.4, 0.5) is 0 Å². The van der Waals surface area contributed by atoms with Gasteiger partial charge in [0.2, 0.25) is 0 Å². The average molecular weight is 421 g/mol. The molecule has 2 N–H and O–H groups in total. The number of carbonyl (C=O) groups is 1. The molecule has 0 unspecified atom stereocenters. The molecular formula is C27H32O4. The summed E-state index contributed by atoms with van der Waals surface area (Å²) in [6.07, 6.45) is 3.55. The predicted octanol–water partition coefficient (Wildman–Crippen LogP) is 6.44. The van der Waals surface area contributed by atoms with Crippen molar-refractivity contribution in [3.8, 4) is 5.75 Å². The van der Waals surface area contributed by atoms with Crippen LogP contribution in [0.3, 0.4) is 0 Å². The number of aliphatic carboxylic acids is 1. The zero-order valence-electron chi connectivity index (χ0n) is 19.0. The van der Waals surface area contributed by atoms with Crippen LogP contribution in [0, 0.1) is 0 Å². The molecule has 3 rings (SSSR count). The molecule has 31 heavy (non-hydrogen) atoms. The van der Waals surface area contributed by atoms with E-state index in [1.807, 2.05) is 31.2 Å². The molecule has 2 aromatic carbocycles. The number of phenols is 1. The van der Waals surface area contributed by atoms with Gasteiger partial charge in [-0.3, -0.25) is 0 Å². The van der Waals surface area contributed by atoms with Gasteiger partial charge in [0, 0.05) is 6.08 Å². The number of carboxylic acids is 1. The number of phenolic OH excluding ortho intramolecular Hbond substituents is 1. The molecule has 1 fully saturated rings. The summed E-state index contributed by atoms with van der Waals surface area (Å²) in [5.41, 5.74) is 5.74. The zero-order chi connectivity index (χ0) is 22.8. The summed E-state index contributed by atoms with van der Waals surface area (Å²) >= 11 is 0. The van der Waals surface area contributed by atoms with Crippen LogP contribution in [0.25, 0.3) is 11.1 Å². The molecule has 0 atom stereocenters. The highest BCUT2D eigenvalue weighted by molar-refractivity contribution is 5.90. The molecule has 0 saturated carbocycles. The Hall–Kier alpha value is -2.85. The molecule has 0 bridgehead atoms. The smallest absolute Gasteiger partial charge is 0.328 e. The van der Waals surface area contributed by atoms with Crippen LogP contribution in [-0.2, 0) is 9.53 Å². The molecule has 1 aliphatic heterocycles. The Morgan fingerprint density at radius 3 is 1.81 bits per heavy atom. The Morgan fingerprint density at radius 1 is 0.903 bits per heavy atom. The summed E-state index contributed by atoms with van der Waals surface area (Å²) in [5, 5.41) is 18.9. The summed E-state index contributed by atoms with van der Waals surface area (Å²) in [5.74, 6) is -0.693. The number of hydrogen-bond donors (Lipinski definition) is 2. The third kappa shape index (κ3) is 5.65. The second-order valence-corrected chi connectivity index (χ2v) is 9.44. The van der Waals surface area contributed by atoms with Crippen LogP contribution in [0.5, 0.6) is 5.75 Å². The summed E-state index contributed by atoms with van der Waals surface area (Å²) < 4.78 is 6.30. The van der Waals surface area contributed by atoms with E-state index in [4.69, 9.17) is 9.84 Å². The Balaban J connectivity index is 2.14. The van der Waals surface area contributed by atoms with Crippen molar-refractivity contribution in [2.45, 2.75) is 65.1 Å². The molecule has 1 aliphatic rings. The van der Waals surface area contributed by atoms with E-state index in [2.05, 4.69) is 39.8 Å². The Morgan fingerprint density at radius 2 is 1.35 bits per heavy atom. The van der Waals surface area contributed by atoms with Gasteiger partial charge in [-0.1, -0.05) is 48.9 Å². The normalized spacial score (nSPS) is 18.0. The highest BCUT2D eigenvalue weighted by atomic mass is 16.5. The van der Waals surface area contributed by atoms with Gasteiger partial charge in [0.05, 0.1) is 11.2 Å². The lowest BCUT2D eigenvalue weighted by Gasteiger charge is -2.43. The highest BCUT2D eigenvalue weighted by Gasteiger charge is 2.37. The summed E-state index contributed by atoms with van der Waals surface area (Å²) in [4.78, 5) is 11.1. The van der Waals surface area contributed by atoms with Crippen molar-refractivity contribution < 1.29 is 19.7 Å². The number of rotatable bonds is 5. The molecule has 4 heteroatoms. The molecule has 1 heterocycles. The van der Waals surface area contributed by atoms with Gasteiger partial charge < -0.3 is 14.9 Å². The predicted molar refractivity (Wildman–Crippen MR) is 125 cm³/mol. The third-order valence-corrected chi connectivity index (χ3v) is 5.56. The number of aromatic hydroxyl groups is 1. The van der Waals surface area contributed by atoms with Crippen LogP contribution in [0.2, 0.25) is 0 Å². The first kappa shape index (κ1) is 22.8. The van der Waals surface area contributed by atoms with Gasteiger partial charge in [0.15, 0.2) is 0 Å². The molecule has 0 aliphatic carbocycles. The minimum absolute atomic E-state index is 0.238. The second kappa shape index (κ2) is 8.72. The van der Waals surface area contributed by atoms with Gasteiger partial charge in [-0.2, -0.15) is 0 Å². The lowest BCUT2D eigenvalue weighted by molar-refractivity contribution is -0.138. The van der Waals surface area contributed by atoms with Crippen molar-refractivity contribution >= 4 is 17.1 Å². The number of hydrogen-bond acceptors (Lipinski definition) is 3. The van der Waals surface area contributed by atoms with E-state index >= 15 is 0 Å². The lowest BCUT2D eigenvalue weighted by atomic mass is 9.79. The monoisotopic (exact) mass is 420 g/mol. The summed E-state index contributed by atoms with van der Waals surface area (Å²) in [7, 11) is 0. The van der Waals surface area contributed by atoms with Gasteiger partial charge in [0.1, 0.15) is 5.75 Å². The van der Waals surface area contributed by atoms with E-state index < -0.39 is 5.97 Å². The van der Waals surface area contributed by atoms with Crippen LogP contribution in [0.1, 0.15) is 70.6 Å². The molecule has 2 aromatic rings. The first-order valence-corrected chi connectivity index (χ1v) is 10.8. The minimum Gasteiger partial charge on any atom is -0.508 e. The number of benzene rings is 2. The zero-order valence-corrected chi connectivity index (χ0v) is 19.0. The lowest BCUT2D eigenvalue weighted by Crippen LogP contribution is -2.42. The molecule has 1 saturated heterocycles. The first-order chi connectivity index (χ1) is 14.5. The molecule has 0 spiro atoms. The Kier molecular flexibility index (Phi) is 6.42. The van der Waals surface area contributed by atoms with Crippen molar-refractivity contribution in [2.24, 2.45) is 0 Å². The first-order valence-electron chi connectivity index (χ1n) is 10.8. The molecule has 4 nitrogen and oxygen atoms in total. The maximum Gasteiger partial charge on any atom is 0.328 e. The SMILES string of the molecule is CC/C(=C\C(=O)O)c1ccc(C(=C2CC(C)(C)OC(C)(C)C2)c2ccc(O)cc2)cc1. The quantitative estimate of drug-likeness (QED) is 0.546. The van der Waals surface area contributed by atoms with Crippen molar-refractivity contribution in [2.75, 3.05) is 0 Å². The van der Waals surface area contributed by atoms with Crippen molar-refractivity contribution in [3.63, 3.8) is 0 Å². The highest BCUT2D eigenvalue weighted by Crippen LogP contribution is 2.43. The van der Waals surface area contributed by atoms with Gasteiger partial charge in [-0.25, -0.2) is 4.79 Å². The van der Waals surface area contributed by atoms with Crippen LogP contribution < -0.4 is 0 Å². The second-order valence-electron chi connectivity index (χ2n) is 9.44.